The smallest absolute Gasteiger partial charge is 0.320 e. The maximum Gasteiger partial charge on any atom is 0.320 e. The van der Waals surface area contributed by atoms with Crippen LogP contribution in [-0.4, -0.2) is 235 Å². The zero-order valence-electron chi connectivity index (χ0n) is 48.7. The SMILES string of the molecule is CC(C)(C)[Si](F)(c1ccc(C(=O)NC[C@@H](NC(=O)CC[C@H](C(=O)O)N2CCN(CC(=O)O)CCN(CC(=O)O)CCN(CC(=O)O)CC2)C(=O)NCCCOc2ccc3nccc(C(=O)NCC(=O)N4CCC[C@H]4C#N)c3c2)cc1)C(C)(C)C. The summed E-state index contributed by atoms with van der Waals surface area (Å²) in [6, 6.07) is 11.5. The number of nitrogens with zero attached hydrogens (tertiary/aromatic N) is 7. The lowest BCUT2D eigenvalue weighted by Gasteiger charge is -2.44. The molecule has 84 heavy (non-hydrogen) atoms. The number of amides is 5. The second-order valence-electron chi connectivity index (χ2n) is 23.1. The normalized spacial score (nSPS) is 17.1. The molecule has 5 rings (SSSR count). The summed E-state index contributed by atoms with van der Waals surface area (Å²) in [6.07, 6.45) is 2.22. The van der Waals surface area contributed by atoms with Crippen LogP contribution in [0.2, 0.25) is 10.1 Å². The van der Waals surface area contributed by atoms with Crippen molar-refractivity contribution in [2.24, 2.45) is 0 Å². The summed E-state index contributed by atoms with van der Waals surface area (Å²) in [5, 5.41) is 59.1. The lowest BCUT2D eigenvalue weighted by atomic mass is 10.1. The van der Waals surface area contributed by atoms with Crippen LogP contribution in [0.5, 0.6) is 5.75 Å². The van der Waals surface area contributed by atoms with Crippen LogP contribution in [0.3, 0.4) is 0 Å². The number of aromatic nitrogens is 1. The number of carbonyl (C=O) groups is 9. The summed E-state index contributed by atoms with van der Waals surface area (Å²) in [6.45, 7) is 10.1. The largest absolute Gasteiger partial charge is 0.494 e. The van der Waals surface area contributed by atoms with Crippen LogP contribution < -0.4 is 31.2 Å². The highest BCUT2D eigenvalue weighted by molar-refractivity contribution is 6.90. The van der Waals surface area contributed by atoms with E-state index in [2.05, 4.69) is 32.3 Å². The van der Waals surface area contributed by atoms with Crippen molar-refractivity contribution >= 4 is 77.9 Å². The van der Waals surface area contributed by atoms with Crippen molar-refractivity contribution in [1.82, 2.24) is 50.8 Å². The predicted octanol–water partition coefficient (Wildman–Crippen LogP) is 1.71. The van der Waals surface area contributed by atoms with E-state index in [0.29, 0.717) is 41.2 Å². The Hall–Kier alpha value is -7.64. The van der Waals surface area contributed by atoms with Gasteiger partial charge in [0.25, 0.3) is 20.2 Å². The van der Waals surface area contributed by atoms with Crippen LogP contribution in [0.1, 0.15) is 94.4 Å². The Bertz CT molecular complexity index is 2830. The number of halogens is 1. The number of hydrogen-bond donors (Lipinski definition) is 8. The molecule has 8 N–H and O–H groups in total. The molecule has 1 aromatic heterocycles. The van der Waals surface area contributed by atoms with Gasteiger partial charge in [-0.25, -0.2) is 0 Å². The van der Waals surface area contributed by atoms with Gasteiger partial charge in [0.05, 0.1) is 49.9 Å². The van der Waals surface area contributed by atoms with Gasteiger partial charge in [0, 0.05) is 95.6 Å². The minimum absolute atomic E-state index is 0.0168. The highest BCUT2D eigenvalue weighted by Crippen LogP contribution is 2.51. The first-order valence-corrected chi connectivity index (χ1v) is 29.9. The van der Waals surface area contributed by atoms with Gasteiger partial charge in [-0.1, -0.05) is 53.7 Å². The van der Waals surface area contributed by atoms with Crippen LogP contribution in [0.15, 0.2) is 54.7 Å². The Morgan fingerprint density at radius 2 is 1.32 bits per heavy atom. The number of carboxylic acid groups (broad SMARTS) is 4. The van der Waals surface area contributed by atoms with E-state index >= 15 is 4.11 Å². The average Bonchev–Trinajstić information content (AvgIpc) is 1.67. The van der Waals surface area contributed by atoms with Crippen molar-refractivity contribution in [3.63, 3.8) is 0 Å². The second-order valence-corrected chi connectivity index (χ2v) is 28.0. The Balaban J connectivity index is 1.28. The summed E-state index contributed by atoms with van der Waals surface area (Å²) in [5.74, 6) is -7.40. The maximum absolute atomic E-state index is 17.1. The zero-order chi connectivity index (χ0) is 61.9. The first-order chi connectivity index (χ1) is 39.6. The average molecular weight is 1190 g/mol. The summed E-state index contributed by atoms with van der Waals surface area (Å²) in [7, 11) is -3.68. The molecular formula is C57H80FN11O14Si. The van der Waals surface area contributed by atoms with E-state index in [1.165, 1.54) is 44.0 Å². The molecule has 5 amide bonds. The fourth-order valence-electron chi connectivity index (χ4n) is 10.8. The number of hydrogen-bond acceptors (Lipinski definition) is 16. The lowest BCUT2D eigenvalue weighted by Crippen LogP contribution is -2.57. The van der Waals surface area contributed by atoms with Crippen molar-refractivity contribution in [2.45, 2.75) is 102 Å². The van der Waals surface area contributed by atoms with Crippen molar-refractivity contribution < 1.29 is 72.4 Å². The van der Waals surface area contributed by atoms with E-state index in [9.17, 15) is 68.8 Å². The summed E-state index contributed by atoms with van der Waals surface area (Å²) in [5.41, 5.74) is 0.881. The Kier molecular flexibility index (Phi) is 24.6. The number of ether oxygens (including phenoxy) is 1. The lowest BCUT2D eigenvalue weighted by molar-refractivity contribution is -0.145. The molecule has 2 aromatic carbocycles. The van der Waals surface area contributed by atoms with E-state index in [0.717, 1.165) is 0 Å². The van der Waals surface area contributed by atoms with E-state index in [-0.39, 0.29) is 108 Å². The molecule has 0 spiro atoms. The topological polar surface area (TPSA) is 345 Å². The van der Waals surface area contributed by atoms with E-state index in [1.807, 2.05) is 41.5 Å². The standard InChI is InChI=1S/C57H80FN11O14Si/c1-56(2,3)84(58,57(4,5)6)41-13-10-38(11-14-41)52(78)62-33-45(54(80)61-19-8-30-83-40-12-15-44-43(31-40)42(18-20-60-44)53(79)63-34-48(71)69-21-7-9-39(69)32-59)64-47(70)17-16-46(55(81)82)68-28-26-66(36-50(74)75)24-22-65(35-49(72)73)23-25-67(27-29-68)37-51(76)77/h10-15,18,20,31,39,45-46H,7-9,16-17,19,21-30,33-37H2,1-6H3,(H,61,80)(H,62,78)(H,63,79)(H,64,70)(H,72,73)(H,74,75)(H,76,77)(H,81,82)/t39-,45+,46+/m0/s1. The number of carboxylic acids is 4. The number of aliphatic carboxylic acids is 4. The molecule has 3 heterocycles. The molecule has 2 saturated heterocycles. The minimum atomic E-state index is -3.68. The number of likely N-dealkylation sites (tertiary alicyclic amines) is 1. The summed E-state index contributed by atoms with van der Waals surface area (Å²) in [4.78, 5) is 128. The zero-order valence-corrected chi connectivity index (χ0v) is 49.7. The quantitative estimate of drug-likeness (QED) is 0.0340. The van der Waals surface area contributed by atoms with Crippen molar-refractivity contribution in [1.29, 1.82) is 5.26 Å². The van der Waals surface area contributed by atoms with Gasteiger partial charge in [-0.3, -0.25) is 67.7 Å². The number of fused-ring (bicyclic) bond motifs is 1. The van der Waals surface area contributed by atoms with Crippen molar-refractivity contribution in [3.05, 3.63) is 65.9 Å². The van der Waals surface area contributed by atoms with E-state index < -0.39 is 110 Å². The van der Waals surface area contributed by atoms with Gasteiger partial charge < -0.3 is 55.4 Å². The Labute approximate surface area is 489 Å². The third-order valence-corrected chi connectivity index (χ3v) is 20.3. The molecule has 2 aliphatic rings. The van der Waals surface area contributed by atoms with Gasteiger partial charge in [0.1, 0.15) is 23.9 Å². The van der Waals surface area contributed by atoms with Crippen LogP contribution in [0, 0.1) is 11.3 Å². The second kappa shape index (κ2) is 30.8. The van der Waals surface area contributed by atoms with Crippen LogP contribution in [0.4, 0.5) is 4.11 Å². The molecule has 27 heteroatoms. The first-order valence-electron chi connectivity index (χ1n) is 28.0. The fourth-order valence-corrected chi connectivity index (χ4v) is 15.4. The monoisotopic (exact) mass is 1190 g/mol. The van der Waals surface area contributed by atoms with Gasteiger partial charge in [-0.05, 0) is 77.3 Å². The third-order valence-electron chi connectivity index (χ3n) is 15.0. The molecule has 3 aromatic rings. The molecule has 2 aliphatic heterocycles. The van der Waals surface area contributed by atoms with Gasteiger partial charge in [0.2, 0.25) is 17.7 Å². The molecule has 2 fully saturated rings. The number of nitriles is 1. The number of pyridine rings is 1. The predicted molar refractivity (Wildman–Crippen MR) is 309 cm³/mol. The molecule has 0 aliphatic carbocycles. The summed E-state index contributed by atoms with van der Waals surface area (Å²) < 4.78 is 23.1. The maximum atomic E-state index is 17.1. The molecule has 25 nitrogen and oxygen atoms in total. The Morgan fingerprint density at radius 1 is 0.750 bits per heavy atom. The number of nitrogens with one attached hydrogen (secondary N) is 4. The number of carbonyl (C=O) groups excluding carboxylic acids is 5. The van der Waals surface area contributed by atoms with Crippen molar-refractivity contribution in [2.75, 3.05) is 105 Å². The number of rotatable bonds is 25. The number of benzene rings is 2. The highest BCUT2D eigenvalue weighted by Gasteiger charge is 2.56. The third kappa shape index (κ3) is 19.2. The fraction of sp³-hybridized carbons (Fsp3) is 0.561. The molecule has 0 bridgehead atoms. The molecular weight excluding hydrogens is 1110 g/mol. The van der Waals surface area contributed by atoms with Gasteiger partial charge in [0.15, 0.2) is 0 Å². The minimum Gasteiger partial charge on any atom is -0.494 e. The van der Waals surface area contributed by atoms with Crippen molar-refractivity contribution in [3.8, 4) is 11.8 Å². The molecule has 0 saturated carbocycles. The Morgan fingerprint density at radius 3 is 1.86 bits per heavy atom. The molecule has 458 valence electrons. The van der Waals surface area contributed by atoms with Gasteiger partial charge in [-0.2, -0.15) is 5.26 Å². The van der Waals surface area contributed by atoms with Crippen LogP contribution in [0.25, 0.3) is 10.9 Å². The molecule has 3 atom stereocenters. The molecule has 0 radical (unpaired) electrons. The van der Waals surface area contributed by atoms with E-state index in [1.54, 1.807) is 35.2 Å². The van der Waals surface area contributed by atoms with Crippen LogP contribution >= 0.6 is 0 Å². The van der Waals surface area contributed by atoms with Crippen LogP contribution in [-0.2, 0) is 33.6 Å². The van der Waals surface area contributed by atoms with Gasteiger partial charge >= 0.3 is 23.9 Å². The summed E-state index contributed by atoms with van der Waals surface area (Å²) >= 11 is 0. The first kappa shape index (κ1) is 67.2. The molecule has 0 unspecified atom stereocenters. The van der Waals surface area contributed by atoms with E-state index in [4.69, 9.17) is 4.74 Å². The van der Waals surface area contributed by atoms with Gasteiger partial charge in [-0.15, -0.1) is 0 Å². The highest BCUT2D eigenvalue weighted by atomic mass is 28.4.